The Balaban J connectivity index is 3.02. The Labute approximate surface area is 105 Å². The maximum Gasteiger partial charge on any atom is 0.360 e. The van der Waals surface area contributed by atoms with Crippen molar-refractivity contribution in [2.24, 2.45) is 5.73 Å². The fourth-order valence-corrected chi connectivity index (χ4v) is 1.60. The number of nitrogen functional groups attached to an aromatic ring is 1. The number of imidazole rings is 1. The highest BCUT2D eigenvalue weighted by atomic mass is 16.5. The monoisotopic (exact) mass is 254 g/mol. The summed E-state index contributed by atoms with van der Waals surface area (Å²) in [6.45, 7) is 4.17. The van der Waals surface area contributed by atoms with E-state index < -0.39 is 11.9 Å². The molecule has 18 heavy (non-hydrogen) atoms. The zero-order chi connectivity index (χ0) is 13.7. The van der Waals surface area contributed by atoms with E-state index in [4.69, 9.17) is 16.2 Å². The number of nitrogens with zero attached hydrogens (tertiary/aromatic N) is 2. The number of anilines is 1. The Kier molecular flexibility index (Phi) is 4.70. The minimum Gasteiger partial charge on any atom is -0.461 e. The average Bonchev–Trinajstić information content (AvgIpc) is 2.63. The van der Waals surface area contributed by atoms with Gasteiger partial charge in [0.15, 0.2) is 5.69 Å². The first-order valence-corrected chi connectivity index (χ1v) is 5.81. The van der Waals surface area contributed by atoms with Crippen molar-refractivity contribution in [3.8, 4) is 0 Å². The SMILES string of the molecule is CCOC(=O)c1nc(CC)n(CCC(N)=O)c1N. The van der Waals surface area contributed by atoms with Crippen molar-refractivity contribution in [3.63, 3.8) is 0 Å². The molecule has 0 aliphatic heterocycles. The number of nitrogens with two attached hydrogens (primary N) is 2. The fourth-order valence-electron chi connectivity index (χ4n) is 1.60. The van der Waals surface area contributed by atoms with Crippen LogP contribution >= 0.6 is 0 Å². The van der Waals surface area contributed by atoms with E-state index in [1.165, 1.54) is 0 Å². The van der Waals surface area contributed by atoms with Gasteiger partial charge in [-0.05, 0) is 6.92 Å². The number of ether oxygens (including phenoxy) is 1. The van der Waals surface area contributed by atoms with Crippen LogP contribution in [0.4, 0.5) is 5.82 Å². The molecule has 1 rings (SSSR count). The van der Waals surface area contributed by atoms with E-state index in [2.05, 4.69) is 4.98 Å². The second-order valence-electron chi connectivity index (χ2n) is 3.70. The van der Waals surface area contributed by atoms with E-state index in [9.17, 15) is 9.59 Å². The summed E-state index contributed by atoms with van der Waals surface area (Å²) in [6.07, 6.45) is 0.748. The third-order valence-electron chi connectivity index (χ3n) is 2.45. The Morgan fingerprint density at radius 1 is 1.39 bits per heavy atom. The van der Waals surface area contributed by atoms with Gasteiger partial charge in [-0.25, -0.2) is 9.78 Å². The summed E-state index contributed by atoms with van der Waals surface area (Å²) in [7, 11) is 0. The molecule has 0 spiro atoms. The molecule has 0 bridgehead atoms. The first-order valence-electron chi connectivity index (χ1n) is 5.81. The number of carbonyl (C=O) groups excluding carboxylic acids is 2. The van der Waals surface area contributed by atoms with Crippen LogP contribution in [-0.4, -0.2) is 28.0 Å². The fraction of sp³-hybridized carbons (Fsp3) is 0.545. The van der Waals surface area contributed by atoms with Gasteiger partial charge in [0.05, 0.1) is 6.61 Å². The molecule has 0 radical (unpaired) electrons. The number of rotatable bonds is 6. The van der Waals surface area contributed by atoms with Crippen molar-refractivity contribution >= 4 is 17.7 Å². The van der Waals surface area contributed by atoms with Crippen molar-refractivity contribution in [2.45, 2.75) is 33.2 Å². The van der Waals surface area contributed by atoms with Gasteiger partial charge in [0.1, 0.15) is 11.6 Å². The maximum absolute atomic E-state index is 11.6. The van der Waals surface area contributed by atoms with Gasteiger partial charge < -0.3 is 20.8 Å². The van der Waals surface area contributed by atoms with Crippen LogP contribution < -0.4 is 11.5 Å². The Morgan fingerprint density at radius 2 is 2.06 bits per heavy atom. The van der Waals surface area contributed by atoms with Crippen LogP contribution in [0.3, 0.4) is 0 Å². The first-order chi connectivity index (χ1) is 8.51. The number of hydrogen-bond donors (Lipinski definition) is 2. The summed E-state index contributed by atoms with van der Waals surface area (Å²) in [5.74, 6) is -0.131. The van der Waals surface area contributed by atoms with Crippen molar-refractivity contribution in [1.82, 2.24) is 9.55 Å². The smallest absolute Gasteiger partial charge is 0.360 e. The van der Waals surface area contributed by atoms with Crippen LogP contribution in [-0.2, 0) is 22.5 Å². The summed E-state index contributed by atoms with van der Waals surface area (Å²) in [6, 6.07) is 0. The molecule has 1 aromatic rings. The highest BCUT2D eigenvalue weighted by molar-refractivity contribution is 5.92. The number of aromatic nitrogens is 2. The third-order valence-corrected chi connectivity index (χ3v) is 2.45. The lowest BCUT2D eigenvalue weighted by molar-refractivity contribution is -0.118. The number of esters is 1. The normalized spacial score (nSPS) is 10.3. The lowest BCUT2D eigenvalue weighted by atomic mass is 10.3. The molecule has 1 heterocycles. The van der Waals surface area contributed by atoms with Gasteiger partial charge in [-0.3, -0.25) is 4.79 Å². The van der Waals surface area contributed by atoms with Crippen LogP contribution in [0.2, 0.25) is 0 Å². The molecule has 0 unspecified atom stereocenters. The van der Waals surface area contributed by atoms with Crippen LogP contribution in [0.25, 0.3) is 0 Å². The van der Waals surface area contributed by atoms with Crippen molar-refractivity contribution in [3.05, 3.63) is 11.5 Å². The lowest BCUT2D eigenvalue weighted by Gasteiger charge is -2.07. The highest BCUT2D eigenvalue weighted by Crippen LogP contribution is 2.17. The quantitative estimate of drug-likeness (QED) is 0.698. The van der Waals surface area contributed by atoms with E-state index in [1.807, 2.05) is 6.92 Å². The third kappa shape index (κ3) is 2.99. The van der Waals surface area contributed by atoms with Gasteiger partial charge in [0.2, 0.25) is 5.91 Å². The zero-order valence-corrected chi connectivity index (χ0v) is 10.6. The standard InChI is InChI=1S/C11H18N4O3/c1-3-8-14-9(11(17)18-4-2)10(13)15(8)6-5-7(12)16/h3-6,13H2,1-2H3,(H2,12,16). The van der Waals surface area contributed by atoms with Gasteiger partial charge in [-0.1, -0.05) is 6.92 Å². The van der Waals surface area contributed by atoms with Crippen molar-refractivity contribution in [1.29, 1.82) is 0 Å². The van der Waals surface area contributed by atoms with E-state index >= 15 is 0 Å². The topological polar surface area (TPSA) is 113 Å². The molecule has 1 aromatic heterocycles. The molecule has 0 aliphatic rings. The summed E-state index contributed by atoms with van der Waals surface area (Å²) >= 11 is 0. The molecule has 0 saturated carbocycles. The molecule has 7 heteroatoms. The molecule has 4 N–H and O–H groups in total. The largest absolute Gasteiger partial charge is 0.461 e. The van der Waals surface area contributed by atoms with Crippen LogP contribution in [0, 0.1) is 0 Å². The predicted octanol–water partition coefficient (Wildman–Crippen LogP) is 0.0798. The maximum atomic E-state index is 11.6. The van der Waals surface area contributed by atoms with Gasteiger partial charge >= 0.3 is 5.97 Å². The summed E-state index contributed by atoms with van der Waals surface area (Å²) in [5, 5.41) is 0. The first kappa shape index (κ1) is 14.0. The average molecular weight is 254 g/mol. The predicted molar refractivity (Wildman–Crippen MR) is 65.8 cm³/mol. The van der Waals surface area contributed by atoms with E-state index in [0.29, 0.717) is 18.8 Å². The number of aryl methyl sites for hydroxylation is 1. The van der Waals surface area contributed by atoms with Gasteiger partial charge in [0, 0.05) is 19.4 Å². The van der Waals surface area contributed by atoms with Crippen molar-refractivity contribution in [2.75, 3.05) is 12.3 Å². The highest BCUT2D eigenvalue weighted by Gasteiger charge is 2.20. The minimum absolute atomic E-state index is 0.0955. The lowest BCUT2D eigenvalue weighted by Crippen LogP contribution is -2.16. The van der Waals surface area contributed by atoms with E-state index in [1.54, 1.807) is 11.5 Å². The molecule has 0 atom stereocenters. The number of amides is 1. The van der Waals surface area contributed by atoms with E-state index in [-0.39, 0.29) is 24.5 Å². The molecule has 1 amide bonds. The second kappa shape index (κ2) is 6.04. The Bertz CT molecular complexity index is 453. The molecular formula is C11H18N4O3. The molecule has 0 aliphatic carbocycles. The zero-order valence-electron chi connectivity index (χ0n) is 10.6. The molecule has 7 nitrogen and oxygen atoms in total. The number of primary amides is 1. The Morgan fingerprint density at radius 3 is 2.56 bits per heavy atom. The van der Waals surface area contributed by atoms with Gasteiger partial charge in [0.25, 0.3) is 0 Å². The number of carbonyl (C=O) groups is 2. The Hall–Kier alpha value is -2.05. The number of hydrogen-bond acceptors (Lipinski definition) is 5. The molecule has 0 saturated heterocycles. The van der Waals surface area contributed by atoms with Crippen LogP contribution in [0.5, 0.6) is 0 Å². The summed E-state index contributed by atoms with van der Waals surface area (Å²) < 4.78 is 6.48. The molecular weight excluding hydrogens is 236 g/mol. The van der Waals surface area contributed by atoms with Gasteiger partial charge in [-0.15, -0.1) is 0 Å². The van der Waals surface area contributed by atoms with Crippen LogP contribution in [0.15, 0.2) is 0 Å². The molecule has 100 valence electrons. The molecule has 0 aromatic carbocycles. The summed E-state index contributed by atoms with van der Waals surface area (Å²) in [4.78, 5) is 26.5. The summed E-state index contributed by atoms with van der Waals surface area (Å²) in [5.41, 5.74) is 11.0. The van der Waals surface area contributed by atoms with Crippen molar-refractivity contribution < 1.29 is 14.3 Å². The van der Waals surface area contributed by atoms with Crippen LogP contribution in [0.1, 0.15) is 36.6 Å². The minimum atomic E-state index is -0.553. The molecule has 0 fully saturated rings. The van der Waals surface area contributed by atoms with Gasteiger partial charge in [-0.2, -0.15) is 0 Å². The second-order valence-corrected chi connectivity index (χ2v) is 3.70. The van der Waals surface area contributed by atoms with E-state index in [0.717, 1.165) is 0 Å².